The van der Waals surface area contributed by atoms with Crippen LogP contribution in [0.2, 0.25) is 0 Å². The van der Waals surface area contributed by atoms with Gasteiger partial charge in [-0.05, 0) is 54.0 Å². The number of hydrogen-bond donors (Lipinski definition) is 5. The highest BCUT2D eigenvalue weighted by atomic mass is 19.1. The zero-order chi connectivity index (χ0) is 27.5. The van der Waals surface area contributed by atoms with Crippen LogP contribution in [0.5, 0.6) is 5.75 Å². The van der Waals surface area contributed by atoms with Crippen LogP contribution in [0.1, 0.15) is 12.0 Å². The number of aromatic nitrogens is 2. The van der Waals surface area contributed by atoms with E-state index in [2.05, 4.69) is 36.4 Å². The summed E-state index contributed by atoms with van der Waals surface area (Å²) in [5.41, 5.74) is 9.73. The molecule has 2 aliphatic rings. The highest BCUT2D eigenvalue weighted by Gasteiger charge is 2.12. The maximum Gasteiger partial charge on any atom is 0.284 e. The van der Waals surface area contributed by atoms with Gasteiger partial charge in [-0.1, -0.05) is 24.3 Å². The van der Waals surface area contributed by atoms with Crippen molar-refractivity contribution in [1.29, 1.82) is 0 Å². The molecule has 2 aromatic carbocycles. The molecule has 11 heteroatoms. The van der Waals surface area contributed by atoms with Crippen LogP contribution in [0.3, 0.4) is 0 Å². The maximum atomic E-state index is 12.9. The number of rotatable bonds is 6. The topological polar surface area (TPSA) is 133 Å². The lowest BCUT2D eigenvalue weighted by molar-refractivity contribution is -0.114. The predicted octanol–water partition coefficient (Wildman–Crippen LogP) is 3.70. The summed E-state index contributed by atoms with van der Waals surface area (Å²) in [6.07, 6.45) is 7.54. The van der Waals surface area contributed by atoms with Crippen molar-refractivity contribution in [2.24, 2.45) is 4.99 Å². The molecule has 5 rings (SSSR count). The van der Waals surface area contributed by atoms with E-state index in [9.17, 15) is 14.3 Å². The Hall–Kier alpha value is -4.61. The van der Waals surface area contributed by atoms with Gasteiger partial charge >= 0.3 is 0 Å². The van der Waals surface area contributed by atoms with Gasteiger partial charge in [-0.25, -0.2) is 14.4 Å². The summed E-state index contributed by atoms with van der Waals surface area (Å²) >= 11 is 0. The number of anilines is 2. The molecule has 39 heavy (non-hydrogen) atoms. The number of halogens is 1. The SMILES string of the molecule is C1COCCN1.Cc1cc(NC2=CN=C(C(=O)NNc3ncc(F)cn3)CC=C2)cc(-c2cccc(O)c2)c1. The maximum absolute atomic E-state index is 12.9. The summed E-state index contributed by atoms with van der Waals surface area (Å²) in [5.74, 6) is -0.752. The monoisotopic (exact) mass is 531 g/mol. The number of nitrogens with zero attached hydrogens (tertiary/aromatic N) is 3. The number of aliphatic imine (C=N–C) groups is 1. The fourth-order valence-corrected chi connectivity index (χ4v) is 3.72. The molecule has 1 amide bonds. The molecule has 0 saturated carbocycles. The van der Waals surface area contributed by atoms with Crippen molar-refractivity contribution >= 4 is 23.3 Å². The number of phenols is 1. The molecule has 3 aromatic rings. The second kappa shape index (κ2) is 13.8. The van der Waals surface area contributed by atoms with Gasteiger partial charge in [0.2, 0.25) is 5.95 Å². The fraction of sp³-hybridized carbons (Fsp3) is 0.214. The molecule has 0 unspecified atom stereocenters. The standard InChI is InChI=1S/C24H21FN6O2.C4H9NO/c1-15-8-17(16-4-2-6-21(32)11-16)10-20(9-15)29-19-5-3-7-22(26-14-19)23(33)30-31-24-27-12-18(25)13-28-24;1-3-6-4-2-5-1/h2-6,8-14,29,32H,7H2,1H3,(H,30,33)(H,27,28,31);5H,1-4H2. The minimum absolute atomic E-state index is 0.0643. The van der Waals surface area contributed by atoms with E-state index < -0.39 is 11.7 Å². The molecule has 0 bridgehead atoms. The van der Waals surface area contributed by atoms with Crippen LogP contribution < -0.4 is 21.5 Å². The summed E-state index contributed by atoms with van der Waals surface area (Å²) in [6.45, 7) is 5.83. The third-order valence-electron chi connectivity index (χ3n) is 5.53. The molecule has 202 valence electrons. The number of hydrazine groups is 1. The Bertz CT molecular complexity index is 1360. The number of ether oxygens (including phenoxy) is 1. The number of aryl methyl sites for hydroxylation is 1. The lowest BCUT2D eigenvalue weighted by Crippen LogP contribution is -2.35. The molecule has 1 fully saturated rings. The highest BCUT2D eigenvalue weighted by Crippen LogP contribution is 2.28. The molecule has 2 aliphatic heterocycles. The van der Waals surface area contributed by atoms with Gasteiger partial charge in [0, 0.05) is 25.2 Å². The van der Waals surface area contributed by atoms with Crippen molar-refractivity contribution in [2.45, 2.75) is 13.3 Å². The van der Waals surface area contributed by atoms with E-state index in [0.717, 1.165) is 61.1 Å². The molecule has 0 spiro atoms. The predicted molar refractivity (Wildman–Crippen MR) is 149 cm³/mol. The van der Waals surface area contributed by atoms with Gasteiger partial charge in [-0.2, -0.15) is 0 Å². The van der Waals surface area contributed by atoms with Crippen molar-refractivity contribution in [3.63, 3.8) is 0 Å². The Morgan fingerprint density at radius 2 is 1.87 bits per heavy atom. The molecule has 1 aromatic heterocycles. The quantitative estimate of drug-likeness (QED) is 0.304. The van der Waals surface area contributed by atoms with Gasteiger partial charge in [-0.3, -0.25) is 20.6 Å². The fourth-order valence-electron chi connectivity index (χ4n) is 3.72. The number of carbonyl (C=O) groups excluding carboxylic acids is 1. The van der Waals surface area contributed by atoms with E-state index in [1.54, 1.807) is 24.4 Å². The average Bonchev–Trinajstić information content (AvgIpc) is 3.19. The molecule has 0 atom stereocenters. The molecule has 0 radical (unpaired) electrons. The van der Waals surface area contributed by atoms with E-state index >= 15 is 0 Å². The van der Waals surface area contributed by atoms with Crippen molar-refractivity contribution in [3.05, 3.63) is 90.3 Å². The lowest BCUT2D eigenvalue weighted by Gasteiger charge is -2.11. The van der Waals surface area contributed by atoms with Gasteiger partial charge in [0.25, 0.3) is 5.91 Å². The number of allylic oxidation sites excluding steroid dienone is 2. The van der Waals surface area contributed by atoms with Crippen LogP contribution in [-0.2, 0) is 9.53 Å². The van der Waals surface area contributed by atoms with Gasteiger partial charge in [0.05, 0.1) is 37.5 Å². The first-order chi connectivity index (χ1) is 19.0. The molecular formula is C28H30FN7O3. The summed E-state index contributed by atoms with van der Waals surface area (Å²) in [5, 5.41) is 16.3. The number of hydrogen-bond acceptors (Lipinski definition) is 9. The second-order valence-electron chi connectivity index (χ2n) is 8.70. The van der Waals surface area contributed by atoms with Crippen molar-refractivity contribution in [3.8, 4) is 16.9 Å². The number of benzene rings is 2. The summed E-state index contributed by atoms with van der Waals surface area (Å²) < 4.78 is 17.9. The van der Waals surface area contributed by atoms with E-state index in [1.165, 1.54) is 0 Å². The van der Waals surface area contributed by atoms with Gasteiger partial charge in [0.15, 0.2) is 5.82 Å². The minimum atomic E-state index is -0.571. The van der Waals surface area contributed by atoms with Gasteiger partial charge < -0.3 is 20.5 Å². The van der Waals surface area contributed by atoms with Crippen LogP contribution in [0, 0.1) is 12.7 Å². The van der Waals surface area contributed by atoms with E-state index in [-0.39, 0.29) is 17.4 Å². The summed E-state index contributed by atoms with van der Waals surface area (Å²) in [4.78, 5) is 24.1. The van der Waals surface area contributed by atoms with E-state index in [1.807, 2.05) is 43.3 Å². The van der Waals surface area contributed by atoms with Crippen molar-refractivity contribution in [2.75, 3.05) is 37.0 Å². The van der Waals surface area contributed by atoms with Gasteiger partial charge in [-0.15, -0.1) is 0 Å². The molecule has 5 N–H and O–H groups in total. The van der Waals surface area contributed by atoms with Gasteiger partial charge in [0.1, 0.15) is 11.5 Å². The largest absolute Gasteiger partial charge is 0.508 e. The second-order valence-corrected chi connectivity index (χ2v) is 8.70. The van der Waals surface area contributed by atoms with Crippen molar-refractivity contribution < 1.29 is 19.0 Å². The Balaban J connectivity index is 0.000000519. The third-order valence-corrected chi connectivity index (χ3v) is 5.53. The number of carbonyl (C=O) groups is 1. The zero-order valence-electron chi connectivity index (χ0n) is 21.4. The Morgan fingerprint density at radius 1 is 1.08 bits per heavy atom. The normalized spacial score (nSPS) is 14.6. The molecular weight excluding hydrogens is 501 g/mol. The zero-order valence-corrected chi connectivity index (χ0v) is 21.4. The Kier molecular flexibility index (Phi) is 9.70. The molecule has 0 aliphatic carbocycles. The first kappa shape index (κ1) is 27.4. The summed E-state index contributed by atoms with van der Waals surface area (Å²) in [6, 6.07) is 13.1. The minimum Gasteiger partial charge on any atom is -0.508 e. The number of amides is 1. The van der Waals surface area contributed by atoms with E-state index in [4.69, 9.17) is 4.74 Å². The molecule has 10 nitrogen and oxygen atoms in total. The van der Waals surface area contributed by atoms with Crippen LogP contribution in [0.4, 0.5) is 16.0 Å². The van der Waals surface area contributed by atoms with Crippen LogP contribution >= 0.6 is 0 Å². The Morgan fingerprint density at radius 3 is 2.56 bits per heavy atom. The van der Waals surface area contributed by atoms with E-state index in [0.29, 0.717) is 12.1 Å². The molecule has 1 saturated heterocycles. The third kappa shape index (κ3) is 8.73. The van der Waals surface area contributed by atoms with Crippen LogP contribution in [-0.4, -0.2) is 53.0 Å². The number of aromatic hydroxyl groups is 1. The highest BCUT2D eigenvalue weighted by molar-refractivity contribution is 6.39. The smallest absolute Gasteiger partial charge is 0.284 e. The first-order valence-electron chi connectivity index (χ1n) is 12.4. The average molecular weight is 532 g/mol. The number of phenolic OH excluding ortho intramolecular Hbond substituents is 1. The molecule has 3 heterocycles. The summed E-state index contributed by atoms with van der Waals surface area (Å²) in [7, 11) is 0. The van der Waals surface area contributed by atoms with Crippen molar-refractivity contribution in [1.82, 2.24) is 20.7 Å². The lowest BCUT2D eigenvalue weighted by atomic mass is 10.0. The number of morpholine rings is 1. The first-order valence-corrected chi connectivity index (χ1v) is 12.4. The van der Waals surface area contributed by atoms with Crippen LogP contribution in [0.15, 0.2) is 83.9 Å². The van der Waals surface area contributed by atoms with Crippen LogP contribution in [0.25, 0.3) is 11.1 Å². The Labute approximate surface area is 225 Å². The number of nitrogens with one attached hydrogen (secondary N) is 4.